The molecule has 0 saturated carbocycles. The third kappa shape index (κ3) is 3.59. The Bertz CT molecular complexity index is 487. The third-order valence-electron chi connectivity index (χ3n) is 1.99. The standard InChI is InChI=1S/C10H12BrNO2S2/c1-3-5-8(4-2)12-16(13,14)10-7-6-9(11)15-10/h1,6-8,12H,4-5H2,2H3. The Kier molecular flexibility index (Phi) is 4.99. The molecule has 6 heteroatoms. The Balaban J connectivity index is 2.83. The van der Waals surface area contributed by atoms with Crippen LogP contribution in [0, 0.1) is 12.3 Å². The van der Waals surface area contributed by atoms with Crippen molar-refractivity contribution in [3.8, 4) is 12.3 Å². The van der Waals surface area contributed by atoms with Gasteiger partial charge in [-0.15, -0.1) is 23.7 Å². The highest BCUT2D eigenvalue weighted by Crippen LogP contribution is 2.26. The van der Waals surface area contributed by atoms with Crippen LogP contribution >= 0.6 is 27.3 Å². The lowest BCUT2D eigenvalue weighted by Gasteiger charge is -2.13. The Hall–Kier alpha value is -0.350. The van der Waals surface area contributed by atoms with Crippen LogP contribution in [0.5, 0.6) is 0 Å². The summed E-state index contributed by atoms with van der Waals surface area (Å²) in [6.07, 6.45) is 6.26. The molecule has 0 amide bonds. The van der Waals surface area contributed by atoms with Gasteiger partial charge in [-0.05, 0) is 34.5 Å². The average Bonchev–Trinajstić information content (AvgIpc) is 2.64. The maximum absolute atomic E-state index is 11.9. The Morgan fingerprint density at radius 3 is 2.75 bits per heavy atom. The average molecular weight is 322 g/mol. The molecule has 1 heterocycles. The SMILES string of the molecule is C#CCC(CC)NS(=O)(=O)c1ccc(Br)s1. The van der Waals surface area contributed by atoms with Gasteiger partial charge in [-0.1, -0.05) is 6.92 Å². The van der Waals surface area contributed by atoms with E-state index in [1.165, 1.54) is 11.3 Å². The van der Waals surface area contributed by atoms with Crippen LogP contribution in [0.25, 0.3) is 0 Å². The fourth-order valence-electron chi connectivity index (χ4n) is 1.13. The number of hydrogen-bond acceptors (Lipinski definition) is 3. The maximum Gasteiger partial charge on any atom is 0.250 e. The van der Waals surface area contributed by atoms with Gasteiger partial charge in [-0.25, -0.2) is 13.1 Å². The highest BCUT2D eigenvalue weighted by atomic mass is 79.9. The van der Waals surface area contributed by atoms with Crippen molar-refractivity contribution in [1.29, 1.82) is 0 Å². The van der Waals surface area contributed by atoms with Crippen molar-refractivity contribution in [1.82, 2.24) is 4.72 Å². The van der Waals surface area contributed by atoms with Crippen molar-refractivity contribution >= 4 is 37.3 Å². The van der Waals surface area contributed by atoms with E-state index in [1.807, 2.05) is 6.92 Å². The predicted octanol–water partition coefficient (Wildman–Crippen LogP) is 2.59. The fraction of sp³-hybridized carbons (Fsp3) is 0.400. The molecule has 1 unspecified atom stereocenters. The summed E-state index contributed by atoms with van der Waals surface area (Å²) in [5, 5.41) is 0. The zero-order valence-electron chi connectivity index (χ0n) is 8.73. The molecule has 0 fully saturated rings. The minimum absolute atomic E-state index is 0.198. The smallest absolute Gasteiger partial charge is 0.206 e. The molecule has 1 N–H and O–H groups in total. The van der Waals surface area contributed by atoms with Crippen LogP contribution in [0.15, 0.2) is 20.1 Å². The zero-order valence-corrected chi connectivity index (χ0v) is 12.0. The maximum atomic E-state index is 11.9. The summed E-state index contributed by atoms with van der Waals surface area (Å²) in [4.78, 5) is 0. The predicted molar refractivity (Wildman–Crippen MR) is 69.9 cm³/mol. The van der Waals surface area contributed by atoms with Crippen molar-refractivity contribution in [3.63, 3.8) is 0 Å². The Labute approximate surface area is 108 Å². The molecule has 0 saturated heterocycles. The highest BCUT2D eigenvalue weighted by Gasteiger charge is 2.20. The van der Waals surface area contributed by atoms with Crippen LogP contribution in [0.2, 0.25) is 0 Å². The first-order valence-corrected chi connectivity index (χ1v) is 7.80. The molecule has 0 aliphatic heterocycles. The molecule has 0 radical (unpaired) electrons. The molecule has 0 aliphatic carbocycles. The van der Waals surface area contributed by atoms with Gasteiger partial charge in [-0.2, -0.15) is 0 Å². The number of sulfonamides is 1. The topological polar surface area (TPSA) is 46.2 Å². The van der Waals surface area contributed by atoms with Gasteiger partial charge in [0.1, 0.15) is 4.21 Å². The molecule has 0 bridgehead atoms. The van der Waals surface area contributed by atoms with Crippen LogP contribution in [-0.2, 0) is 10.0 Å². The van der Waals surface area contributed by atoms with Gasteiger partial charge >= 0.3 is 0 Å². The number of halogens is 1. The Morgan fingerprint density at radius 2 is 2.31 bits per heavy atom. The summed E-state index contributed by atoms with van der Waals surface area (Å²) >= 11 is 4.41. The van der Waals surface area contributed by atoms with Crippen molar-refractivity contribution < 1.29 is 8.42 Å². The first kappa shape index (κ1) is 13.7. The van der Waals surface area contributed by atoms with Crippen molar-refractivity contribution in [2.24, 2.45) is 0 Å². The van der Waals surface area contributed by atoms with Gasteiger partial charge < -0.3 is 0 Å². The van der Waals surface area contributed by atoms with Crippen LogP contribution in [0.4, 0.5) is 0 Å². The summed E-state index contributed by atoms with van der Waals surface area (Å²) in [6.45, 7) is 1.90. The summed E-state index contributed by atoms with van der Waals surface area (Å²) in [5.74, 6) is 2.47. The quantitative estimate of drug-likeness (QED) is 0.847. The van der Waals surface area contributed by atoms with E-state index in [1.54, 1.807) is 12.1 Å². The molecule has 0 spiro atoms. The fourth-order valence-corrected chi connectivity index (χ4v) is 4.48. The molecule has 88 valence electrons. The van der Waals surface area contributed by atoms with E-state index in [9.17, 15) is 8.42 Å². The van der Waals surface area contributed by atoms with E-state index in [0.717, 1.165) is 3.79 Å². The first-order chi connectivity index (χ1) is 7.49. The Morgan fingerprint density at radius 1 is 1.62 bits per heavy atom. The molecule has 16 heavy (non-hydrogen) atoms. The van der Waals surface area contributed by atoms with Crippen LogP contribution in [0.1, 0.15) is 19.8 Å². The van der Waals surface area contributed by atoms with Crippen molar-refractivity contribution in [3.05, 3.63) is 15.9 Å². The zero-order chi connectivity index (χ0) is 12.2. The van der Waals surface area contributed by atoms with Gasteiger partial charge in [0, 0.05) is 12.5 Å². The van der Waals surface area contributed by atoms with E-state index in [-0.39, 0.29) is 6.04 Å². The molecule has 3 nitrogen and oxygen atoms in total. The number of nitrogens with one attached hydrogen (secondary N) is 1. The van der Waals surface area contributed by atoms with Gasteiger partial charge in [0.2, 0.25) is 10.0 Å². The van der Waals surface area contributed by atoms with Gasteiger partial charge in [0.15, 0.2) is 0 Å². The van der Waals surface area contributed by atoms with Crippen molar-refractivity contribution in [2.45, 2.75) is 30.0 Å². The van der Waals surface area contributed by atoms with Crippen LogP contribution in [0.3, 0.4) is 0 Å². The molecule has 0 aromatic carbocycles. The molecule has 1 aromatic heterocycles. The second-order valence-electron chi connectivity index (χ2n) is 3.19. The lowest BCUT2D eigenvalue weighted by Crippen LogP contribution is -2.33. The van der Waals surface area contributed by atoms with Crippen LogP contribution in [-0.4, -0.2) is 14.5 Å². The lowest BCUT2D eigenvalue weighted by molar-refractivity contribution is 0.546. The van der Waals surface area contributed by atoms with E-state index in [0.29, 0.717) is 17.1 Å². The van der Waals surface area contributed by atoms with E-state index in [2.05, 4.69) is 26.6 Å². The third-order valence-corrected chi connectivity index (χ3v) is 5.63. The molecule has 1 aromatic rings. The largest absolute Gasteiger partial charge is 0.250 e. The van der Waals surface area contributed by atoms with Crippen molar-refractivity contribution in [2.75, 3.05) is 0 Å². The summed E-state index contributed by atoms with van der Waals surface area (Å²) < 4.78 is 27.5. The van der Waals surface area contributed by atoms with Crippen LogP contribution < -0.4 is 4.72 Å². The number of thiophene rings is 1. The molecule has 1 rings (SSSR count). The normalized spacial score (nSPS) is 13.3. The minimum Gasteiger partial charge on any atom is -0.206 e. The van der Waals surface area contributed by atoms with E-state index in [4.69, 9.17) is 6.42 Å². The number of hydrogen-bond donors (Lipinski definition) is 1. The molecule has 0 aliphatic rings. The molecular formula is C10H12BrNO2S2. The molecule has 1 atom stereocenters. The summed E-state index contributed by atoms with van der Waals surface area (Å²) in [7, 11) is -3.43. The summed E-state index contributed by atoms with van der Waals surface area (Å²) in [5.41, 5.74) is 0. The minimum atomic E-state index is -3.43. The second kappa shape index (κ2) is 5.82. The number of terminal acetylenes is 1. The second-order valence-corrected chi connectivity index (χ2v) is 7.60. The van der Waals surface area contributed by atoms with Gasteiger partial charge in [-0.3, -0.25) is 0 Å². The molecular weight excluding hydrogens is 310 g/mol. The first-order valence-electron chi connectivity index (χ1n) is 4.70. The number of rotatable bonds is 5. The summed E-state index contributed by atoms with van der Waals surface area (Å²) in [6, 6.07) is 3.08. The monoisotopic (exact) mass is 321 g/mol. The van der Waals surface area contributed by atoms with Gasteiger partial charge in [0.05, 0.1) is 3.79 Å². The van der Waals surface area contributed by atoms with Gasteiger partial charge in [0.25, 0.3) is 0 Å². The highest BCUT2D eigenvalue weighted by molar-refractivity contribution is 9.11. The van der Waals surface area contributed by atoms with E-state index >= 15 is 0 Å². The van der Waals surface area contributed by atoms with E-state index < -0.39 is 10.0 Å². The lowest BCUT2D eigenvalue weighted by atomic mass is 10.2.